The summed E-state index contributed by atoms with van der Waals surface area (Å²) in [5.41, 5.74) is 0. The zero-order chi connectivity index (χ0) is 45.6. The summed E-state index contributed by atoms with van der Waals surface area (Å²) >= 11 is 0. The second-order valence-corrected chi connectivity index (χ2v) is 19.9. The zero-order valence-electron chi connectivity index (χ0n) is 41.0. The fourth-order valence-corrected chi connectivity index (χ4v) is 10.4. The summed E-state index contributed by atoms with van der Waals surface area (Å²) in [6.45, 7) is 14.4. The molecule has 0 aliphatic carbocycles. The third-order valence-corrected chi connectivity index (χ3v) is 14.5. The van der Waals surface area contributed by atoms with Crippen LogP contribution in [0, 0.1) is 0 Å². The topological polar surface area (TPSA) is 156 Å². The number of hydrogen-bond donors (Lipinski definition) is 5. The highest BCUT2D eigenvalue weighted by atomic mass is 28.4. The van der Waals surface area contributed by atoms with Crippen molar-refractivity contribution in [3.8, 4) is 0 Å². The average Bonchev–Trinajstić information content (AvgIpc) is 3.25. The Bertz CT molecular complexity index is 1040. The van der Waals surface area contributed by atoms with Crippen LogP contribution in [-0.4, -0.2) is 84.6 Å². The van der Waals surface area contributed by atoms with Gasteiger partial charge in [0.1, 0.15) is 6.04 Å². The van der Waals surface area contributed by atoms with E-state index in [0.29, 0.717) is 64.9 Å². The van der Waals surface area contributed by atoms with Crippen molar-refractivity contribution in [1.82, 2.24) is 26.6 Å². The Kier molecular flexibility index (Phi) is 43.7. The summed E-state index contributed by atoms with van der Waals surface area (Å²) in [6.07, 6.45) is 33.4. The molecule has 0 aromatic heterocycles. The van der Waals surface area contributed by atoms with Gasteiger partial charge in [0.05, 0.1) is 0 Å². The van der Waals surface area contributed by atoms with Gasteiger partial charge in [-0.05, 0) is 59.3 Å². The molecule has 0 unspecified atom stereocenters. The average molecular weight is 898 g/mol. The molecule has 0 aliphatic rings. The highest BCUT2D eigenvalue weighted by molar-refractivity contribution is 6.60. The van der Waals surface area contributed by atoms with Gasteiger partial charge in [-0.25, -0.2) is 4.79 Å². The Morgan fingerprint density at radius 3 is 1.21 bits per heavy atom. The van der Waals surface area contributed by atoms with E-state index in [1.54, 1.807) is 0 Å². The fraction of sp³-hybridized carbons (Fsp3) is 0.918. The van der Waals surface area contributed by atoms with Crippen LogP contribution in [-0.2, 0) is 27.7 Å². The number of hydrogen-bond acceptors (Lipinski definition) is 7. The number of unbranched alkanes of at least 4 members (excludes halogenated alkanes) is 24. The van der Waals surface area contributed by atoms with E-state index in [4.69, 9.17) is 13.3 Å². The minimum atomic E-state index is -2.69. The van der Waals surface area contributed by atoms with Gasteiger partial charge < -0.3 is 39.9 Å². The van der Waals surface area contributed by atoms with Crippen molar-refractivity contribution in [2.75, 3.05) is 46.0 Å². The molecule has 0 rings (SSSR count). The minimum Gasteiger partial charge on any atom is -0.374 e. The normalized spacial score (nSPS) is 12.0. The predicted molar refractivity (Wildman–Crippen MR) is 259 cm³/mol. The van der Waals surface area contributed by atoms with E-state index in [-0.39, 0.29) is 30.2 Å². The quantitative estimate of drug-likeness (QED) is 0.0301. The molecular formula is C49H99N5O7Si. The van der Waals surface area contributed by atoms with Gasteiger partial charge in [-0.3, -0.25) is 14.4 Å². The smallest absolute Gasteiger partial charge is 0.374 e. The van der Waals surface area contributed by atoms with Crippen LogP contribution in [0.1, 0.15) is 234 Å². The molecule has 0 spiro atoms. The first-order valence-electron chi connectivity index (χ1n) is 26.0. The molecule has 0 radical (unpaired) electrons. The molecule has 5 amide bonds. The Hall–Kier alpha value is -2.22. The largest absolute Gasteiger partial charge is 0.500 e. The molecule has 0 aromatic rings. The highest BCUT2D eigenvalue weighted by Gasteiger charge is 2.39. The monoisotopic (exact) mass is 898 g/mol. The molecular weight excluding hydrogens is 799 g/mol. The van der Waals surface area contributed by atoms with Crippen LogP contribution in [0.2, 0.25) is 6.04 Å². The molecule has 0 saturated heterocycles. The lowest BCUT2D eigenvalue weighted by Crippen LogP contribution is -2.47. The summed E-state index contributed by atoms with van der Waals surface area (Å²) in [5, 5.41) is 14.9. The molecule has 0 bridgehead atoms. The van der Waals surface area contributed by atoms with Crippen LogP contribution in [0.15, 0.2) is 0 Å². The maximum atomic E-state index is 13.2. The van der Waals surface area contributed by atoms with Crippen molar-refractivity contribution in [2.24, 2.45) is 0 Å². The molecule has 366 valence electrons. The zero-order valence-corrected chi connectivity index (χ0v) is 42.0. The number of urea groups is 1. The Labute approximate surface area is 382 Å². The molecule has 12 nitrogen and oxygen atoms in total. The second kappa shape index (κ2) is 45.3. The standard InChI is InChI=1S/C49H99N5O7Si/c1-6-11-13-15-17-19-21-25-29-33-40-50-46(55)39-38-45(48(57)51-41-34-30-26-22-20-18-16-14-12-7-2)54-47(56)37-32-28-24-23-27-31-35-42-52-49(58)53-43-36-44-62(59-8-3,60-9-4)61-10-5/h45H,6-44H2,1-5H3,(H,50,55)(H,51,57)(H,54,56)(H2,52,53,58)/t45-/m0/s1. The molecule has 13 heteroatoms. The highest BCUT2D eigenvalue weighted by Crippen LogP contribution is 2.18. The maximum Gasteiger partial charge on any atom is 0.500 e. The van der Waals surface area contributed by atoms with E-state index < -0.39 is 14.8 Å². The SMILES string of the molecule is CCCCCCCCCCCCNC(=O)CC[C@H](NC(=O)CCCCCCCCCNC(=O)NCCC[Si](OCC)(OCC)OCC)C(=O)NCCCCCCCCCCCC. The van der Waals surface area contributed by atoms with Crippen LogP contribution >= 0.6 is 0 Å². The summed E-state index contributed by atoms with van der Waals surface area (Å²) in [6, 6.07) is -0.187. The van der Waals surface area contributed by atoms with E-state index >= 15 is 0 Å². The second-order valence-electron chi connectivity index (χ2n) is 17.2. The van der Waals surface area contributed by atoms with E-state index in [1.165, 1.54) is 103 Å². The van der Waals surface area contributed by atoms with Crippen molar-refractivity contribution < 1.29 is 32.5 Å². The molecule has 0 heterocycles. The van der Waals surface area contributed by atoms with Crippen molar-refractivity contribution in [1.29, 1.82) is 0 Å². The van der Waals surface area contributed by atoms with E-state index in [1.807, 2.05) is 20.8 Å². The first-order chi connectivity index (χ1) is 30.3. The van der Waals surface area contributed by atoms with Gasteiger partial charge in [-0.2, -0.15) is 0 Å². The minimum absolute atomic E-state index is 0.0559. The molecule has 5 N–H and O–H groups in total. The molecule has 62 heavy (non-hydrogen) atoms. The lowest BCUT2D eigenvalue weighted by Gasteiger charge is -2.28. The Morgan fingerprint density at radius 2 is 0.774 bits per heavy atom. The van der Waals surface area contributed by atoms with Gasteiger partial charge in [-0.15, -0.1) is 0 Å². The summed E-state index contributed by atoms with van der Waals surface area (Å²) in [7, 11) is -2.69. The Balaban J connectivity index is 4.40. The summed E-state index contributed by atoms with van der Waals surface area (Å²) in [4.78, 5) is 51.1. The van der Waals surface area contributed by atoms with Gasteiger partial charge in [0.15, 0.2) is 0 Å². The third-order valence-electron chi connectivity index (χ3n) is 11.4. The first-order valence-corrected chi connectivity index (χ1v) is 28.0. The number of rotatable bonds is 47. The number of carbonyl (C=O) groups excluding carboxylic acids is 4. The van der Waals surface area contributed by atoms with Gasteiger partial charge in [0.2, 0.25) is 17.7 Å². The Morgan fingerprint density at radius 1 is 0.403 bits per heavy atom. The van der Waals surface area contributed by atoms with Gasteiger partial charge in [-0.1, -0.05) is 162 Å². The van der Waals surface area contributed by atoms with Crippen molar-refractivity contribution in [3.05, 3.63) is 0 Å². The number of amides is 5. The number of carbonyl (C=O) groups is 4. The molecule has 0 aromatic carbocycles. The molecule has 0 aliphatic heterocycles. The third kappa shape index (κ3) is 38.3. The summed E-state index contributed by atoms with van der Waals surface area (Å²) in [5.74, 6) is -0.369. The van der Waals surface area contributed by atoms with Crippen molar-refractivity contribution >= 4 is 32.6 Å². The fourth-order valence-electron chi connectivity index (χ4n) is 7.75. The first kappa shape index (κ1) is 59.8. The molecule has 0 fully saturated rings. The summed E-state index contributed by atoms with van der Waals surface area (Å²) < 4.78 is 17.6. The van der Waals surface area contributed by atoms with Gasteiger partial charge in [0, 0.05) is 64.9 Å². The maximum absolute atomic E-state index is 13.2. The van der Waals surface area contributed by atoms with Crippen LogP contribution in [0.3, 0.4) is 0 Å². The van der Waals surface area contributed by atoms with E-state index in [2.05, 4.69) is 40.4 Å². The lowest BCUT2D eigenvalue weighted by molar-refractivity contribution is -0.129. The van der Waals surface area contributed by atoms with Crippen LogP contribution in [0.5, 0.6) is 0 Å². The number of nitrogens with one attached hydrogen (secondary N) is 5. The predicted octanol–water partition coefficient (Wildman–Crippen LogP) is 11.2. The van der Waals surface area contributed by atoms with Crippen LogP contribution < -0.4 is 26.6 Å². The van der Waals surface area contributed by atoms with Crippen LogP contribution in [0.4, 0.5) is 4.79 Å². The van der Waals surface area contributed by atoms with Gasteiger partial charge >= 0.3 is 14.8 Å². The van der Waals surface area contributed by atoms with Crippen molar-refractivity contribution in [3.63, 3.8) is 0 Å². The molecule has 1 atom stereocenters. The van der Waals surface area contributed by atoms with Crippen LogP contribution in [0.25, 0.3) is 0 Å². The lowest BCUT2D eigenvalue weighted by atomic mass is 10.1. The van der Waals surface area contributed by atoms with E-state index in [0.717, 1.165) is 77.0 Å². The van der Waals surface area contributed by atoms with E-state index in [9.17, 15) is 19.2 Å². The van der Waals surface area contributed by atoms with Gasteiger partial charge in [0.25, 0.3) is 0 Å². The van der Waals surface area contributed by atoms with Crippen molar-refractivity contribution in [2.45, 2.75) is 246 Å². The molecule has 0 saturated carbocycles.